The molecular weight excluding hydrogens is 302 g/mol. The van der Waals surface area contributed by atoms with Crippen LogP contribution in [0.2, 0.25) is 0 Å². The second-order valence-corrected chi connectivity index (χ2v) is 7.65. The van der Waals surface area contributed by atoms with Gasteiger partial charge in [0.15, 0.2) is 0 Å². The lowest BCUT2D eigenvalue weighted by atomic mass is 9.94. The Hall–Kier alpha value is -0.540. The largest absolute Gasteiger partial charge is 0.496 e. The molecule has 0 atom stereocenters. The molecule has 1 fully saturated rings. The van der Waals surface area contributed by atoms with E-state index >= 15 is 0 Å². The Morgan fingerprint density at radius 3 is 2.53 bits per heavy atom. The van der Waals surface area contributed by atoms with Gasteiger partial charge < -0.3 is 10.1 Å². The van der Waals surface area contributed by atoms with Gasteiger partial charge in [-0.05, 0) is 69.2 Å². The predicted octanol–water partition coefficient (Wildman–Crippen LogP) is 4.17. The van der Waals surface area contributed by atoms with Crippen LogP contribution in [0.3, 0.4) is 0 Å². The molecule has 19 heavy (non-hydrogen) atoms. The summed E-state index contributed by atoms with van der Waals surface area (Å²) in [7, 11) is 1.75. The fourth-order valence-corrected chi connectivity index (χ4v) is 2.74. The van der Waals surface area contributed by atoms with Gasteiger partial charge in [0.25, 0.3) is 0 Å². The highest BCUT2D eigenvalue weighted by atomic mass is 79.9. The van der Waals surface area contributed by atoms with E-state index in [1.807, 2.05) is 12.1 Å². The summed E-state index contributed by atoms with van der Waals surface area (Å²) in [6.45, 7) is 7.76. The van der Waals surface area contributed by atoms with E-state index in [1.54, 1.807) is 7.11 Å². The molecule has 1 aromatic rings. The highest BCUT2D eigenvalue weighted by Crippen LogP contribution is 2.49. The van der Waals surface area contributed by atoms with E-state index in [0.717, 1.165) is 23.2 Å². The highest BCUT2D eigenvalue weighted by molar-refractivity contribution is 9.10. The van der Waals surface area contributed by atoms with Gasteiger partial charge in [0, 0.05) is 16.6 Å². The monoisotopic (exact) mass is 325 g/mol. The van der Waals surface area contributed by atoms with E-state index in [2.05, 4.69) is 48.1 Å². The second-order valence-electron chi connectivity index (χ2n) is 6.74. The zero-order chi connectivity index (χ0) is 14.1. The fraction of sp³-hybridized carbons (Fsp3) is 0.625. The zero-order valence-corrected chi connectivity index (χ0v) is 13.9. The van der Waals surface area contributed by atoms with Crippen molar-refractivity contribution in [2.24, 2.45) is 5.41 Å². The molecule has 0 spiro atoms. The quantitative estimate of drug-likeness (QED) is 0.877. The minimum atomic E-state index is 0.191. The number of hydrogen-bond acceptors (Lipinski definition) is 2. The predicted molar refractivity (Wildman–Crippen MR) is 83.8 cm³/mol. The summed E-state index contributed by atoms with van der Waals surface area (Å²) in [6, 6.07) is 6.28. The Morgan fingerprint density at radius 2 is 2.00 bits per heavy atom. The first-order chi connectivity index (χ1) is 8.84. The average molecular weight is 326 g/mol. The van der Waals surface area contributed by atoms with E-state index in [-0.39, 0.29) is 5.54 Å². The van der Waals surface area contributed by atoms with Crippen molar-refractivity contribution in [2.45, 2.75) is 45.6 Å². The van der Waals surface area contributed by atoms with Gasteiger partial charge in [-0.1, -0.05) is 15.9 Å². The number of hydrogen-bond donors (Lipinski definition) is 1. The van der Waals surface area contributed by atoms with Crippen LogP contribution in [-0.4, -0.2) is 19.2 Å². The van der Waals surface area contributed by atoms with Crippen LogP contribution in [0.1, 0.15) is 39.2 Å². The molecule has 106 valence electrons. The summed E-state index contributed by atoms with van der Waals surface area (Å²) in [6.07, 6.45) is 3.72. The maximum Gasteiger partial charge on any atom is 0.122 e. The summed E-state index contributed by atoms with van der Waals surface area (Å²) >= 11 is 3.55. The smallest absolute Gasteiger partial charge is 0.122 e. The standard InChI is InChI=1S/C16H24BrNO/c1-15(2,3)18-11-16(7-8-16)10-12-9-13(17)5-6-14(12)19-4/h5-6,9,18H,7-8,10-11H2,1-4H3. The van der Waals surface area contributed by atoms with E-state index in [1.165, 1.54) is 18.4 Å². The maximum absolute atomic E-state index is 5.48. The van der Waals surface area contributed by atoms with Crippen LogP contribution in [0.25, 0.3) is 0 Å². The SMILES string of the molecule is COc1ccc(Br)cc1CC1(CNC(C)(C)C)CC1. The maximum atomic E-state index is 5.48. The van der Waals surface area contributed by atoms with Gasteiger partial charge in [-0.15, -0.1) is 0 Å². The Kier molecular flexibility index (Phi) is 4.26. The number of methoxy groups -OCH3 is 1. The van der Waals surface area contributed by atoms with Gasteiger partial charge in [0.1, 0.15) is 5.75 Å². The minimum Gasteiger partial charge on any atom is -0.496 e. The van der Waals surface area contributed by atoms with Gasteiger partial charge >= 0.3 is 0 Å². The van der Waals surface area contributed by atoms with Crippen LogP contribution in [-0.2, 0) is 6.42 Å². The molecular formula is C16H24BrNO. The van der Waals surface area contributed by atoms with Crippen molar-refractivity contribution in [3.63, 3.8) is 0 Å². The lowest BCUT2D eigenvalue weighted by Gasteiger charge is -2.25. The first-order valence-corrected chi connectivity index (χ1v) is 7.70. The molecule has 0 aliphatic heterocycles. The number of benzene rings is 1. The Bertz CT molecular complexity index is 447. The number of rotatable bonds is 5. The van der Waals surface area contributed by atoms with Crippen molar-refractivity contribution in [3.8, 4) is 5.75 Å². The molecule has 1 N–H and O–H groups in total. The van der Waals surface area contributed by atoms with Crippen LogP contribution in [0.15, 0.2) is 22.7 Å². The summed E-state index contributed by atoms with van der Waals surface area (Å²) < 4.78 is 6.61. The van der Waals surface area contributed by atoms with Crippen molar-refractivity contribution in [1.29, 1.82) is 0 Å². The van der Waals surface area contributed by atoms with Gasteiger partial charge in [0.05, 0.1) is 7.11 Å². The van der Waals surface area contributed by atoms with Crippen LogP contribution < -0.4 is 10.1 Å². The van der Waals surface area contributed by atoms with Crippen LogP contribution >= 0.6 is 15.9 Å². The van der Waals surface area contributed by atoms with Gasteiger partial charge in [-0.2, -0.15) is 0 Å². The Labute approximate surface area is 125 Å². The molecule has 1 aromatic carbocycles. The molecule has 0 saturated heterocycles. The topological polar surface area (TPSA) is 21.3 Å². The first-order valence-electron chi connectivity index (χ1n) is 6.91. The van der Waals surface area contributed by atoms with Crippen molar-refractivity contribution in [2.75, 3.05) is 13.7 Å². The van der Waals surface area contributed by atoms with E-state index in [0.29, 0.717) is 5.41 Å². The third-order valence-electron chi connectivity index (χ3n) is 3.76. The van der Waals surface area contributed by atoms with E-state index in [4.69, 9.17) is 4.74 Å². The van der Waals surface area contributed by atoms with Gasteiger partial charge in [-0.3, -0.25) is 0 Å². The van der Waals surface area contributed by atoms with Crippen molar-refractivity contribution in [1.82, 2.24) is 5.32 Å². The van der Waals surface area contributed by atoms with Crippen LogP contribution in [0.5, 0.6) is 5.75 Å². The molecule has 3 heteroatoms. The molecule has 2 rings (SSSR count). The lowest BCUT2D eigenvalue weighted by molar-refractivity contribution is 0.350. The molecule has 0 radical (unpaired) electrons. The molecule has 0 unspecified atom stereocenters. The molecule has 0 aromatic heterocycles. The molecule has 0 amide bonds. The molecule has 1 saturated carbocycles. The highest BCUT2D eigenvalue weighted by Gasteiger charge is 2.43. The summed E-state index contributed by atoms with van der Waals surface area (Å²) in [5.74, 6) is 1.00. The van der Waals surface area contributed by atoms with E-state index in [9.17, 15) is 0 Å². The fourth-order valence-electron chi connectivity index (χ4n) is 2.33. The van der Waals surface area contributed by atoms with Gasteiger partial charge in [-0.25, -0.2) is 0 Å². The number of nitrogens with one attached hydrogen (secondary N) is 1. The summed E-state index contributed by atoms with van der Waals surface area (Å²) in [5.41, 5.74) is 1.93. The number of ether oxygens (including phenoxy) is 1. The molecule has 1 aliphatic rings. The molecule has 2 nitrogen and oxygen atoms in total. The normalized spacial score (nSPS) is 17.3. The Balaban J connectivity index is 2.06. The molecule has 0 bridgehead atoms. The summed E-state index contributed by atoms with van der Waals surface area (Å²) in [4.78, 5) is 0. The third-order valence-corrected chi connectivity index (χ3v) is 4.25. The third kappa shape index (κ3) is 4.22. The Morgan fingerprint density at radius 1 is 1.32 bits per heavy atom. The average Bonchev–Trinajstić information content (AvgIpc) is 3.07. The van der Waals surface area contributed by atoms with Gasteiger partial charge in [0.2, 0.25) is 0 Å². The lowest BCUT2D eigenvalue weighted by Crippen LogP contribution is -2.40. The van der Waals surface area contributed by atoms with Crippen molar-refractivity contribution in [3.05, 3.63) is 28.2 Å². The van der Waals surface area contributed by atoms with Crippen molar-refractivity contribution >= 4 is 15.9 Å². The minimum absolute atomic E-state index is 0.191. The van der Waals surface area contributed by atoms with Crippen LogP contribution in [0, 0.1) is 5.41 Å². The first kappa shape index (κ1) is 14.9. The van der Waals surface area contributed by atoms with Crippen molar-refractivity contribution < 1.29 is 4.74 Å². The molecule has 1 aliphatic carbocycles. The molecule has 0 heterocycles. The number of halogens is 1. The summed E-state index contributed by atoms with van der Waals surface area (Å²) in [5, 5.41) is 3.64. The zero-order valence-electron chi connectivity index (χ0n) is 12.3. The second kappa shape index (κ2) is 5.45. The van der Waals surface area contributed by atoms with Crippen LogP contribution in [0.4, 0.5) is 0 Å². The van der Waals surface area contributed by atoms with E-state index < -0.39 is 0 Å².